The van der Waals surface area contributed by atoms with Crippen molar-refractivity contribution < 1.29 is 9.59 Å². The summed E-state index contributed by atoms with van der Waals surface area (Å²) in [7, 11) is 0. The van der Waals surface area contributed by atoms with Crippen LogP contribution in [0.2, 0.25) is 5.02 Å². The van der Waals surface area contributed by atoms with E-state index in [0.29, 0.717) is 28.6 Å². The smallest absolute Gasteiger partial charge is 0.277 e. The number of nitrogens with zero attached hydrogens (tertiary/aromatic N) is 2. The Bertz CT molecular complexity index is 643. The van der Waals surface area contributed by atoms with E-state index in [1.807, 2.05) is 0 Å². The third-order valence-corrected chi connectivity index (χ3v) is 2.66. The van der Waals surface area contributed by atoms with E-state index in [-0.39, 0.29) is 5.69 Å². The van der Waals surface area contributed by atoms with Crippen LogP contribution in [0.5, 0.6) is 0 Å². The van der Waals surface area contributed by atoms with Gasteiger partial charge in [-0.05, 0) is 31.2 Å². The number of pyridine rings is 2. The lowest BCUT2D eigenvalue weighted by atomic mass is 10.2. The topological polar surface area (TPSA) is 84.0 Å². The molecule has 0 saturated carbocycles. The van der Waals surface area contributed by atoms with Crippen molar-refractivity contribution in [3.63, 3.8) is 0 Å². The molecule has 2 rings (SSSR count). The predicted octanol–water partition coefficient (Wildman–Crippen LogP) is 2.26. The molecular weight excluding hydrogens is 280 g/mol. The number of aromatic nitrogens is 2. The normalized spacial score (nSPS) is 9.90. The monoisotopic (exact) mass is 290 g/mol. The van der Waals surface area contributed by atoms with Gasteiger partial charge in [0.2, 0.25) is 6.41 Å². The SMILES string of the molecule is Cc1ccc(NC=O)c(C(=O)Nc2ccc(Cl)cn2)n1. The molecule has 2 N–H and O–H groups in total. The molecule has 102 valence electrons. The molecule has 0 radical (unpaired) electrons. The summed E-state index contributed by atoms with van der Waals surface area (Å²) in [5, 5.41) is 5.49. The van der Waals surface area contributed by atoms with E-state index in [1.165, 1.54) is 6.20 Å². The lowest BCUT2D eigenvalue weighted by Crippen LogP contribution is -2.17. The number of carbonyl (C=O) groups is 2. The van der Waals surface area contributed by atoms with Gasteiger partial charge in [0, 0.05) is 11.9 Å². The van der Waals surface area contributed by atoms with Crippen LogP contribution >= 0.6 is 11.6 Å². The summed E-state index contributed by atoms with van der Waals surface area (Å²) in [6, 6.07) is 6.49. The fourth-order valence-electron chi connectivity index (χ4n) is 1.54. The molecule has 0 aliphatic rings. The second-order valence-electron chi connectivity index (χ2n) is 3.93. The first-order chi connectivity index (χ1) is 9.60. The maximum atomic E-state index is 12.1. The average molecular weight is 291 g/mol. The summed E-state index contributed by atoms with van der Waals surface area (Å²) < 4.78 is 0. The first kappa shape index (κ1) is 14.0. The van der Waals surface area contributed by atoms with E-state index < -0.39 is 5.91 Å². The number of rotatable bonds is 4. The Morgan fingerprint density at radius 1 is 1.30 bits per heavy atom. The molecule has 2 heterocycles. The molecule has 0 bridgehead atoms. The van der Waals surface area contributed by atoms with E-state index in [2.05, 4.69) is 20.6 Å². The Morgan fingerprint density at radius 3 is 2.75 bits per heavy atom. The van der Waals surface area contributed by atoms with E-state index in [1.54, 1.807) is 31.2 Å². The molecule has 0 atom stereocenters. The number of halogens is 1. The minimum atomic E-state index is -0.465. The number of amides is 2. The molecule has 0 aliphatic carbocycles. The van der Waals surface area contributed by atoms with Crippen molar-refractivity contribution in [3.05, 3.63) is 46.9 Å². The van der Waals surface area contributed by atoms with Crippen molar-refractivity contribution in [2.45, 2.75) is 6.92 Å². The van der Waals surface area contributed by atoms with Gasteiger partial charge in [-0.1, -0.05) is 11.6 Å². The summed E-state index contributed by atoms with van der Waals surface area (Å²) in [6.45, 7) is 1.75. The first-order valence-corrected chi connectivity index (χ1v) is 6.08. The van der Waals surface area contributed by atoms with Crippen molar-refractivity contribution >= 4 is 35.4 Å². The highest BCUT2D eigenvalue weighted by molar-refractivity contribution is 6.30. The number of hydrogen-bond acceptors (Lipinski definition) is 4. The molecule has 0 fully saturated rings. The Morgan fingerprint density at radius 2 is 2.10 bits per heavy atom. The molecule has 2 aromatic heterocycles. The average Bonchev–Trinajstić information content (AvgIpc) is 2.43. The molecule has 0 unspecified atom stereocenters. The Kier molecular flexibility index (Phi) is 4.27. The van der Waals surface area contributed by atoms with Gasteiger partial charge in [-0.15, -0.1) is 0 Å². The van der Waals surface area contributed by atoms with Crippen LogP contribution in [0.15, 0.2) is 30.5 Å². The van der Waals surface area contributed by atoms with Gasteiger partial charge >= 0.3 is 0 Å². The maximum Gasteiger partial charge on any atom is 0.277 e. The van der Waals surface area contributed by atoms with Crippen molar-refractivity contribution in [1.82, 2.24) is 9.97 Å². The van der Waals surface area contributed by atoms with E-state index in [4.69, 9.17) is 11.6 Å². The summed E-state index contributed by atoms with van der Waals surface area (Å²) >= 11 is 5.72. The molecule has 7 heteroatoms. The van der Waals surface area contributed by atoms with Crippen molar-refractivity contribution in [2.24, 2.45) is 0 Å². The summed E-state index contributed by atoms with van der Waals surface area (Å²) in [4.78, 5) is 30.8. The Balaban J connectivity index is 2.26. The van der Waals surface area contributed by atoms with E-state index in [0.717, 1.165) is 0 Å². The van der Waals surface area contributed by atoms with Gasteiger partial charge in [-0.25, -0.2) is 9.97 Å². The fourth-order valence-corrected chi connectivity index (χ4v) is 1.65. The Hall–Kier alpha value is -2.47. The Labute approximate surface area is 120 Å². The molecular formula is C13H11ClN4O2. The number of carbonyl (C=O) groups excluding carboxylic acids is 2. The number of aryl methyl sites for hydroxylation is 1. The highest BCUT2D eigenvalue weighted by atomic mass is 35.5. The molecule has 0 aromatic carbocycles. The molecule has 0 saturated heterocycles. The number of anilines is 2. The van der Waals surface area contributed by atoms with Crippen molar-refractivity contribution in [1.29, 1.82) is 0 Å². The molecule has 0 spiro atoms. The van der Waals surface area contributed by atoms with E-state index in [9.17, 15) is 9.59 Å². The zero-order chi connectivity index (χ0) is 14.5. The lowest BCUT2D eigenvalue weighted by molar-refractivity contribution is -0.105. The van der Waals surface area contributed by atoms with Gasteiger partial charge in [0.1, 0.15) is 5.82 Å². The summed E-state index contributed by atoms with van der Waals surface area (Å²) in [6.07, 6.45) is 1.91. The van der Waals surface area contributed by atoms with Crippen LogP contribution in [0.25, 0.3) is 0 Å². The van der Waals surface area contributed by atoms with Crippen LogP contribution < -0.4 is 10.6 Å². The minimum absolute atomic E-state index is 0.119. The van der Waals surface area contributed by atoms with Crippen molar-refractivity contribution in [3.8, 4) is 0 Å². The zero-order valence-electron chi connectivity index (χ0n) is 10.6. The summed E-state index contributed by atoms with van der Waals surface area (Å²) in [5.74, 6) is -0.118. The second-order valence-corrected chi connectivity index (χ2v) is 4.36. The van der Waals surface area contributed by atoms with Gasteiger partial charge in [0.25, 0.3) is 5.91 Å². The maximum absolute atomic E-state index is 12.1. The molecule has 2 amide bonds. The van der Waals surface area contributed by atoms with Gasteiger partial charge in [0.15, 0.2) is 5.69 Å². The largest absolute Gasteiger partial charge is 0.327 e. The van der Waals surface area contributed by atoms with Crippen LogP contribution in [-0.4, -0.2) is 22.3 Å². The number of nitrogens with one attached hydrogen (secondary N) is 2. The number of hydrogen-bond donors (Lipinski definition) is 2. The van der Waals surface area contributed by atoms with Crippen LogP contribution in [0.4, 0.5) is 11.5 Å². The zero-order valence-corrected chi connectivity index (χ0v) is 11.3. The minimum Gasteiger partial charge on any atom is -0.327 e. The van der Waals surface area contributed by atoms with Crippen LogP contribution in [0.3, 0.4) is 0 Å². The fraction of sp³-hybridized carbons (Fsp3) is 0.0769. The van der Waals surface area contributed by atoms with Crippen LogP contribution in [0, 0.1) is 6.92 Å². The third kappa shape index (κ3) is 3.30. The van der Waals surface area contributed by atoms with Crippen molar-refractivity contribution in [2.75, 3.05) is 10.6 Å². The molecule has 2 aromatic rings. The summed E-state index contributed by atoms with van der Waals surface area (Å²) in [5.41, 5.74) is 1.11. The highest BCUT2D eigenvalue weighted by Crippen LogP contribution is 2.16. The van der Waals surface area contributed by atoms with Crippen LogP contribution in [0.1, 0.15) is 16.2 Å². The van der Waals surface area contributed by atoms with Gasteiger partial charge in [-0.2, -0.15) is 0 Å². The second kappa shape index (κ2) is 6.12. The molecule has 20 heavy (non-hydrogen) atoms. The van der Waals surface area contributed by atoms with Gasteiger partial charge in [-0.3, -0.25) is 9.59 Å². The lowest BCUT2D eigenvalue weighted by Gasteiger charge is -2.08. The molecule has 6 nitrogen and oxygen atoms in total. The quantitative estimate of drug-likeness (QED) is 0.846. The first-order valence-electron chi connectivity index (χ1n) is 5.71. The third-order valence-electron chi connectivity index (χ3n) is 2.43. The van der Waals surface area contributed by atoms with E-state index >= 15 is 0 Å². The standard InChI is InChI=1S/C13H11ClN4O2/c1-8-2-4-10(16-7-19)12(17-8)13(20)18-11-5-3-9(14)6-15-11/h2-7H,1H3,(H,16,19)(H,15,18,20). The highest BCUT2D eigenvalue weighted by Gasteiger charge is 2.14. The van der Waals surface area contributed by atoms with Gasteiger partial charge < -0.3 is 10.6 Å². The molecule has 0 aliphatic heterocycles. The van der Waals surface area contributed by atoms with Gasteiger partial charge in [0.05, 0.1) is 10.7 Å². The predicted molar refractivity (Wildman–Crippen MR) is 75.9 cm³/mol. The van der Waals surface area contributed by atoms with Crippen LogP contribution in [-0.2, 0) is 4.79 Å².